The van der Waals surface area contributed by atoms with E-state index < -0.39 is 21.6 Å². The van der Waals surface area contributed by atoms with Crippen molar-refractivity contribution < 1.29 is 18.6 Å². The van der Waals surface area contributed by atoms with Gasteiger partial charge in [-0.15, -0.1) is 0 Å². The number of phenolic OH excluding ortho intramolecular Hbond substituents is 2. The summed E-state index contributed by atoms with van der Waals surface area (Å²) in [6.07, 6.45) is 13.1. The van der Waals surface area contributed by atoms with Crippen molar-refractivity contribution in [2.24, 2.45) is 0 Å². The minimum Gasteiger partial charge on any atom is -0.507 e. The molecular weight excluding hydrogens is 512 g/mol. The van der Waals surface area contributed by atoms with E-state index in [1.165, 1.54) is 12.1 Å². The van der Waals surface area contributed by atoms with Crippen LogP contribution in [0.4, 0.5) is 0 Å². The Bertz CT molecular complexity index is 1310. The highest BCUT2D eigenvalue weighted by Gasteiger charge is 2.22. The average Bonchev–Trinajstić information content (AvgIpc) is 2.91. The van der Waals surface area contributed by atoms with Gasteiger partial charge in [-0.3, -0.25) is 0 Å². The van der Waals surface area contributed by atoms with Crippen LogP contribution in [0.15, 0.2) is 94.8 Å². The molecule has 2 N–H and O–H groups in total. The van der Waals surface area contributed by atoms with Crippen LogP contribution in [-0.4, -0.2) is 18.6 Å². The van der Waals surface area contributed by atoms with Crippen molar-refractivity contribution in [3.63, 3.8) is 0 Å². The highest BCUT2D eigenvalue weighted by Crippen LogP contribution is 2.40. The van der Waals surface area contributed by atoms with Crippen molar-refractivity contribution in [2.75, 3.05) is 0 Å². The first-order valence-corrected chi connectivity index (χ1v) is 15.2. The third-order valence-corrected chi connectivity index (χ3v) is 9.46. The zero-order valence-electron chi connectivity index (χ0n) is 21.9. The Hall–Kier alpha value is -3.22. The molecule has 0 saturated heterocycles. The van der Waals surface area contributed by atoms with Gasteiger partial charge in [-0.2, -0.15) is 0 Å². The molecule has 6 heteroatoms. The third kappa shape index (κ3) is 6.80. The van der Waals surface area contributed by atoms with Gasteiger partial charge in [0, 0.05) is 20.9 Å². The maximum absolute atomic E-state index is 13.7. The van der Waals surface area contributed by atoms with Crippen molar-refractivity contribution in [2.45, 2.75) is 62.2 Å². The topological polar surface area (TPSA) is 74.6 Å². The Morgan fingerprint density at radius 3 is 1.32 bits per heavy atom. The molecule has 2 unspecified atom stereocenters. The first kappa shape index (κ1) is 27.8. The fraction of sp³-hybridized carbons (Fsp3) is 0.250. The Kier molecular flexibility index (Phi) is 9.53. The first-order valence-electron chi connectivity index (χ1n) is 12.9. The van der Waals surface area contributed by atoms with Gasteiger partial charge in [-0.25, -0.2) is 8.42 Å². The van der Waals surface area contributed by atoms with E-state index in [9.17, 15) is 18.6 Å². The number of fused-ring (bicyclic) bond motifs is 10. The predicted octanol–water partition coefficient (Wildman–Crippen LogP) is 7.92. The van der Waals surface area contributed by atoms with Crippen molar-refractivity contribution in [1.29, 1.82) is 0 Å². The zero-order chi connectivity index (χ0) is 27.1. The van der Waals surface area contributed by atoms with E-state index in [-0.39, 0.29) is 11.5 Å². The molecule has 2 aliphatic rings. The van der Waals surface area contributed by atoms with Gasteiger partial charge in [0.1, 0.15) is 11.5 Å². The monoisotopic (exact) mass is 546 g/mol. The van der Waals surface area contributed by atoms with Crippen LogP contribution in [0.1, 0.15) is 60.8 Å². The predicted molar refractivity (Wildman–Crippen MR) is 158 cm³/mol. The van der Waals surface area contributed by atoms with Gasteiger partial charge in [0.15, 0.2) is 0 Å². The van der Waals surface area contributed by atoms with Crippen LogP contribution in [0.3, 0.4) is 0 Å². The van der Waals surface area contributed by atoms with Crippen LogP contribution < -0.4 is 0 Å². The maximum atomic E-state index is 13.7. The number of aromatic hydroxyl groups is 2. The number of benzene rings is 3. The van der Waals surface area contributed by atoms with Crippen molar-refractivity contribution >= 4 is 31.4 Å². The fourth-order valence-corrected chi connectivity index (χ4v) is 6.83. The molecule has 0 radical (unpaired) electrons. The second-order valence-electron chi connectivity index (χ2n) is 9.52. The molecule has 0 aliphatic heterocycles. The summed E-state index contributed by atoms with van der Waals surface area (Å²) < 4.78 is 27.3. The summed E-state index contributed by atoms with van der Waals surface area (Å²) >= 11 is 0. The summed E-state index contributed by atoms with van der Waals surface area (Å²) in [5.41, 5.74) is 2.76. The Morgan fingerprint density at radius 1 is 0.579 bits per heavy atom. The number of hydrogen-bond acceptors (Lipinski definition) is 4. The Labute approximate surface area is 230 Å². The van der Waals surface area contributed by atoms with Crippen molar-refractivity contribution in [3.8, 4) is 11.5 Å². The molecule has 198 valence electrons. The van der Waals surface area contributed by atoms with Gasteiger partial charge >= 0.3 is 0 Å². The van der Waals surface area contributed by atoms with E-state index in [1.54, 1.807) is 0 Å². The molecule has 0 aromatic heterocycles. The van der Waals surface area contributed by atoms with Crippen LogP contribution >= 0.6 is 0 Å². The van der Waals surface area contributed by atoms with Crippen LogP contribution in [0.2, 0.25) is 0 Å². The van der Waals surface area contributed by atoms with Crippen LogP contribution in [0.5, 0.6) is 11.5 Å². The molecular formula is C32H34O4S2. The molecule has 2 atom stereocenters. The molecule has 0 saturated carbocycles. The van der Waals surface area contributed by atoms with E-state index in [0.717, 1.165) is 36.8 Å². The highest BCUT2D eigenvalue weighted by molar-refractivity contribution is 7.95. The number of allylic oxidation sites excluding steroid dienone is 4. The van der Waals surface area contributed by atoms with E-state index in [4.69, 9.17) is 0 Å². The maximum Gasteiger partial charge on any atom is 0.124 e. The summed E-state index contributed by atoms with van der Waals surface area (Å²) in [6, 6.07) is 17.8. The van der Waals surface area contributed by atoms with Crippen molar-refractivity contribution in [1.82, 2.24) is 0 Å². The SMILES string of the molecule is Cc1ccc(S(=O)/C2=C/CCC/C=C\CCC/C=C(/S(=O)c3ccc(C)cc3)c3cc(O)c2cc3O)cc1. The molecule has 3 aromatic carbocycles. The largest absolute Gasteiger partial charge is 0.507 e. The van der Waals surface area contributed by atoms with Gasteiger partial charge in [0.25, 0.3) is 0 Å². The van der Waals surface area contributed by atoms with E-state index in [0.29, 0.717) is 43.6 Å². The average molecular weight is 547 g/mol. The first-order chi connectivity index (χ1) is 18.3. The van der Waals surface area contributed by atoms with Crippen LogP contribution in [0, 0.1) is 13.8 Å². The standard InChI is InChI=1S/C32H34O4S2/c1-23-13-17-25(18-14-23)37(35)31-11-9-7-5-3-4-6-8-10-12-32(28-22-29(33)27(31)21-30(28)34)38(36)26-19-15-24(2)16-20-26/h3-4,11-22,33-34H,5-10H2,1-2H3/b4-3-,31-11+,32-12+. The molecule has 0 fully saturated rings. The second kappa shape index (κ2) is 13.0. The van der Waals surface area contributed by atoms with Gasteiger partial charge in [0.2, 0.25) is 0 Å². The molecule has 0 amide bonds. The summed E-state index contributed by atoms with van der Waals surface area (Å²) in [7, 11) is -3.12. The van der Waals surface area contributed by atoms with Crippen LogP contribution in [-0.2, 0) is 21.6 Å². The van der Waals surface area contributed by atoms with E-state index in [1.807, 2.05) is 74.5 Å². The summed E-state index contributed by atoms with van der Waals surface area (Å²) in [5, 5.41) is 22.4. The Balaban J connectivity index is 1.82. The number of aryl methyl sites for hydroxylation is 2. The normalized spacial score (nSPS) is 20.1. The lowest BCUT2D eigenvalue weighted by Crippen LogP contribution is -2.01. The highest BCUT2D eigenvalue weighted by atomic mass is 32.2. The van der Waals surface area contributed by atoms with Gasteiger partial charge in [0.05, 0.1) is 31.4 Å². The Morgan fingerprint density at radius 2 is 0.947 bits per heavy atom. The molecule has 38 heavy (non-hydrogen) atoms. The summed E-state index contributed by atoms with van der Waals surface area (Å²) in [5.74, 6) is -0.216. The minimum atomic E-state index is -1.56. The number of rotatable bonds is 4. The molecule has 0 heterocycles. The number of hydrogen-bond donors (Lipinski definition) is 2. The zero-order valence-corrected chi connectivity index (χ0v) is 23.5. The summed E-state index contributed by atoms with van der Waals surface area (Å²) in [4.78, 5) is 2.16. The van der Waals surface area contributed by atoms with Gasteiger partial charge in [-0.1, -0.05) is 59.7 Å². The molecule has 0 spiro atoms. The third-order valence-electron chi connectivity index (χ3n) is 6.49. The molecule has 3 aromatic rings. The van der Waals surface area contributed by atoms with Crippen LogP contribution in [0.25, 0.3) is 9.81 Å². The number of phenols is 2. The summed E-state index contributed by atoms with van der Waals surface area (Å²) in [6.45, 7) is 3.94. The van der Waals surface area contributed by atoms with E-state index >= 15 is 0 Å². The van der Waals surface area contributed by atoms with Crippen molar-refractivity contribution in [3.05, 3.63) is 107 Å². The smallest absolute Gasteiger partial charge is 0.124 e. The lowest BCUT2D eigenvalue weighted by molar-refractivity contribution is 0.458. The lowest BCUT2D eigenvalue weighted by Gasteiger charge is -2.16. The van der Waals surface area contributed by atoms with Gasteiger partial charge < -0.3 is 10.2 Å². The second-order valence-corrected chi connectivity index (χ2v) is 12.4. The van der Waals surface area contributed by atoms with E-state index in [2.05, 4.69) is 12.2 Å². The molecule has 2 aliphatic carbocycles. The molecule has 2 bridgehead atoms. The minimum absolute atomic E-state index is 0.108. The van der Waals surface area contributed by atoms with Gasteiger partial charge in [-0.05, 0) is 88.8 Å². The fourth-order valence-electron chi connectivity index (χ4n) is 4.29. The quantitative estimate of drug-likeness (QED) is 0.257. The lowest BCUT2D eigenvalue weighted by atomic mass is 10.1. The molecule has 5 rings (SSSR count). The molecule has 4 nitrogen and oxygen atoms in total.